The van der Waals surface area contributed by atoms with E-state index < -0.39 is 11.8 Å². The first-order valence-electron chi connectivity index (χ1n) is 15.8. The van der Waals surface area contributed by atoms with E-state index in [4.69, 9.17) is 4.74 Å². The van der Waals surface area contributed by atoms with Gasteiger partial charge in [0.05, 0.1) is 12.2 Å². The van der Waals surface area contributed by atoms with Crippen LogP contribution in [0.5, 0.6) is 0 Å². The van der Waals surface area contributed by atoms with E-state index in [0.717, 1.165) is 51.4 Å². The van der Waals surface area contributed by atoms with Gasteiger partial charge in [-0.3, -0.25) is 0 Å². The highest BCUT2D eigenvalue weighted by Crippen LogP contribution is 2.69. The highest BCUT2D eigenvalue weighted by Gasteiger charge is 2.65. The predicted molar refractivity (Wildman–Crippen MR) is 143 cm³/mol. The Bertz CT molecular complexity index is 833. The second-order valence-electron chi connectivity index (χ2n) is 15.0. The zero-order chi connectivity index (χ0) is 27.5. The van der Waals surface area contributed by atoms with Crippen LogP contribution in [0.25, 0.3) is 0 Å². The Kier molecular flexibility index (Phi) is 8.06. The molecule has 0 heterocycles. The minimum absolute atomic E-state index is 0.0201. The average molecular weight is 543 g/mol. The number of methoxy groups -OCH3 is 1. The molecule has 6 heteroatoms. The minimum atomic E-state index is -4.52. The number of rotatable bonds is 5. The van der Waals surface area contributed by atoms with Crippen molar-refractivity contribution in [1.29, 1.82) is 0 Å². The van der Waals surface area contributed by atoms with Crippen LogP contribution in [-0.4, -0.2) is 41.3 Å². The summed E-state index contributed by atoms with van der Waals surface area (Å²) in [4.78, 5) is 0. The molecule has 3 nitrogen and oxygen atoms in total. The summed E-state index contributed by atoms with van der Waals surface area (Å²) >= 11 is 0. The molecule has 3 unspecified atom stereocenters. The summed E-state index contributed by atoms with van der Waals surface area (Å²) in [5.41, 5.74) is -2.23. The van der Waals surface area contributed by atoms with E-state index in [9.17, 15) is 23.4 Å². The van der Waals surface area contributed by atoms with Gasteiger partial charge in [0.15, 0.2) is 5.60 Å². The molecule has 2 N–H and O–H groups in total. The van der Waals surface area contributed by atoms with Crippen LogP contribution in [0.4, 0.5) is 13.2 Å². The number of aliphatic hydroxyl groups is 2. The lowest BCUT2D eigenvalue weighted by molar-refractivity contribution is -0.290. The van der Waals surface area contributed by atoms with Gasteiger partial charge in [0.1, 0.15) is 0 Å². The molecule has 0 aromatic rings. The molecular formula is C32H53F3O3. The molecular weight excluding hydrogens is 489 g/mol. The third kappa shape index (κ3) is 4.89. The molecule has 0 radical (unpaired) electrons. The second-order valence-corrected chi connectivity index (χ2v) is 15.0. The molecule has 5 saturated carbocycles. The Morgan fingerprint density at radius 3 is 2.29 bits per heavy atom. The molecule has 5 rings (SSSR count). The van der Waals surface area contributed by atoms with Crippen molar-refractivity contribution in [2.45, 2.75) is 141 Å². The van der Waals surface area contributed by atoms with E-state index in [0.29, 0.717) is 53.4 Å². The van der Waals surface area contributed by atoms with Crippen LogP contribution in [0.15, 0.2) is 0 Å². The lowest BCUT2D eigenvalue weighted by atomic mass is 9.43. The van der Waals surface area contributed by atoms with Gasteiger partial charge in [-0.15, -0.1) is 0 Å². The van der Waals surface area contributed by atoms with Crippen LogP contribution >= 0.6 is 0 Å². The Labute approximate surface area is 228 Å². The first-order chi connectivity index (χ1) is 17.8. The largest absolute Gasteiger partial charge is 0.417 e. The number of alkyl halides is 3. The highest BCUT2D eigenvalue weighted by atomic mass is 19.4. The van der Waals surface area contributed by atoms with Crippen molar-refractivity contribution in [3.8, 4) is 0 Å². The Balaban J connectivity index is 1.23. The van der Waals surface area contributed by atoms with Crippen molar-refractivity contribution in [3.05, 3.63) is 0 Å². The maximum Gasteiger partial charge on any atom is 0.417 e. The monoisotopic (exact) mass is 542 g/mol. The Morgan fingerprint density at radius 1 is 0.868 bits per heavy atom. The molecule has 0 bridgehead atoms. The van der Waals surface area contributed by atoms with Gasteiger partial charge in [0.25, 0.3) is 0 Å². The number of hydrogen-bond donors (Lipinski definition) is 2. The number of fused-ring (bicyclic) bond motifs is 5. The number of aliphatic hydroxyl groups excluding tert-OH is 1. The summed E-state index contributed by atoms with van der Waals surface area (Å²) in [5.74, 6) is 3.51. The molecule has 5 fully saturated rings. The fourth-order valence-electron chi connectivity index (χ4n) is 11.1. The van der Waals surface area contributed by atoms with Gasteiger partial charge in [0.2, 0.25) is 0 Å². The smallest absolute Gasteiger partial charge is 0.393 e. The fraction of sp³-hybridized carbons (Fsp3) is 1.00. The Morgan fingerprint density at radius 2 is 1.58 bits per heavy atom. The summed E-state index contributed by atoms with van der Waals surface area (Å²) in [5, 5.41) is 21.3. The lowest BCUT2D eigenvalue weighted by Crippen LogP contribution is -2.59. The van der Waals surface area contributed by atoms with Crippen molar-refractivity contribution >= 4 is 0 Å². The van der Waals surface area contributed by atoms with Crippen molar-refractivity contribution in [3.63, 3.8) is 0 Å². The summed E-state index contributed by atoms with van der Waals surface area (Å²) < 4.78 is 46.6. The van der Waals surface area contributed by atoms with Gasteiger partial charge in [0, 0.05) is 7.11 Å². The molecule has 0 aromatic carbocycles. The van der Waals surface area contributed by atoms with E-state index in [1.165, 1.54) is 25.7 Å². The third-order valence-electron chi connectivity index (χ3n) is 13.5. The zero-order valence-electron chi connectivity index (χ0n) is 24.2. The van der Waals surface area contributed by atoms with Crippen LogP contribution < -0.4 is 0 Å². The topological polar surface area (TPSA) is 49.7 Å². The molecule has 5 aliphatic carbocycles. The predicted octanol–water partition coefficient (Wildman–Crippen LogP) is 7.92. The summed E-state index contributed by atoms with van der Waals surface area (Å²) in [6, 6.07) is 0. The van der Waals surface area contributed by atoms with E-state index in [-0.39, 0.29) is 30.3 Å². The van der Waals surface area contributed by atoms with Crippen LogP contribution in [0.2, 0.25) is 0 Å². The van der Waals surface area contributed by atoms with Crippen LogP contribution in [-0.2, 0) is 4.74 Å². The van der Waals surface area contributed by atoms with E-state index in [1.54, 1.807) is 7.11 Å². The minimum Gasteiger partial charge on any atom is -0.393 e. The zero-order valence-corrected chi connectivity index (χ0v) is 24.2. The quantitative estimate of drug-likeness (QED) is 0.347. The molecule has 220 valence electrons. The van der Waals surface area contributed by atoms with Crippen LogP contribution in [0, 0.1) is 52.3 Å². The van der Waals surface area contributed by atoms with Crippen molar-refractivity contribution in [2.75, 3.05) is 7.11 Å². The molecule has 5 aliphatic rings. The van der Waals surface area contributed by atoms with Gasteiger partial charge in [-0.25, -0.2) is 0 Å². The molecule has 0 spiro atoms. The molecule has 0 saturated heterocycles. The van der Waals surface area contributed by atoms with Gasteiger partial charge in [-0.1, -0.05) is 27.2 Å². The van der Waals surface area contributed by atoms with Gasteiger partial charge in [-0.05, 0) is 142 Å². The maximum atomic E-state index is 13.7. The van der Waals surface area contributed by atoms with Gasteiger partial charge in [-0.2, -0.15) is 13.2 Å². The number of ether oxygens (including phenoxy) is 1. The number of halogens is 3. The van der Waals surface area contributed by atoms with E-state index in [1.807, 2.05) is 0 Å². The average Bonchev–Trinajstić information content (AvgIpc) is 3.11. The lowest BCUT2D eigenvalue weighted by Gasteiger charge is -2.62. The van der Waals surface area contributed by atoms with Gasteiger partial charge >= 0.3 is 6.18 Å². The number of hydrogen-bond acceptors (Lipinski definition) is 3. The normalized spacial score (nSPS) is 50.4. The second kappa shape index (κ2) is 10.5. The molecule has 12 atom stereocenters. The highest BCUT2D eigenvalue weighted by molar-refractivity contribution is 5.11. The first kappa shape index (κ1) is 29.2. The van der Waals surface area contributed by atoms with Crippen LogP contribution in [0.3, 0.4) is 0 Å². The first-order valence-corrected chi connectivity index (χ1v) is 15.8. The molecule has 38 heavy (non-hydrogen) atoms. The Hall–Kier alpha value is -0.330. The third-order valence-corrected chi connectivity index (χ3v) is 13.5. The van der Waals surface area contributed by atoms with Crippen molar-refractivity contribution in [2.24, 2.45) is 52.3 Å². The molecule has 0 aliphatic heterocycles. The van der Waals surface area contributed by atoms with Crippen molar-refractivity contribution in [1.82, 2.24) is 0 Å². The standard InChI is InChI=1S/C32H53F3O3/c1-20(5-6-21-7-9-23(38-4)10-14-28(21)36)25-12-13-26-24-11-8-22-19-31(37,32(33,34)35)18-17-29(22,2)27(24)15-16-30(25,26)3/h20-28,36-37H,5-19H2,1-4H3/t20-,21?,22+,23?,24+,25-,26+,27+,28?,29+,30-,31+/m1/s1. The molecule has 0 amide bonds. The SMILES string of the molecule is COC1CCC(O)C(CC[C@@H](C)[C@H]2CC[C@H]3[C@@H]4CC[C@H]5C[C@](O)(C(F)(F)F)CC[C@]5(C)[C@H]4CC[C@]23C)CC1. The fourth-order valence-corrected chi connectivity index (χ4v) is 11.1. The van der Waals surface area contributed by atoms with Gasteiger partial charge < -0.3 is 14.9 Å². The van der Waals surface area contributed by atoms with Crippen LogP contribution in [0.1, 0.15) is 117 Å². The van der Waals surface area contributed by atoms with E-state index in [2.05, 4.69) is 20.8 Å². The summed E-state index contributed by atoms with van der Waals surface area (Å²) in [6.45, 7) is 7.26. The van der Waals surface area contributed by atoms with E-state index >= 15 is 0 Å². The summed E-state index contributed by atoms with van der Waals surface area (Å²) in [7, 11) is 1.79. The van der Waals surface area contributed by atoms with Crippen molar-refractivity contribution < 1.29 is 28.1 Å². The summed E-state index contributed by atoms with van der Waals surface area (Å²) in [6.07, 6.45) is 8.79. The molecule has 0 aromatic heterocycles. The maximum absolute atomic E-state index is 13.7.